The summed E-state index contributed by atoms with van der Waals surface area (Å²) in [5.74, 6) is 0.0610. The molecule has 0 bridgehead atoms. The molecule has 0 atom stereocenters. The molecular formula is C17H21N3O3. The van der Waals surface area contributed by atoms with E-state index in [0.717, 1.165) is 5.56 Å². The van der Waals surface area contributed by atoms with Gasteiger partial charge in [0, 0.05) is 17.3 Å². The Labute approximate surface area is 135 Å². The summed E-state index contributed by atoms with van der Waals surface area (Å²) in [6.45, 7) is 5.88. The van der Waals surface area contributed by atoms with Crippen LogP contribution in [0.1, 0.15) is 45.9 Å². The smallest absolute Gasteiger partial charge is 0.258 e. The van der Waals surface area contributed by atoms with Gasteiger partial charge in [0.25, 0.3) is 11.8 Å². The van der Waals surface area contributed by atoms with Crippen molar-refractivity contribution in [3.05, 3.63) is 53.0 Å². The molecule has 6 heteroatoms. The number of hydrogen-bond donors (Lipinski definition) is 3. The van der Waals surface area contributed by atoms with Gasteiger partial charge in [-0.25, -0.2) is 0 Å². The Hall–Kier alpha value is -2.60. The highest BCUT2D eigenvalue weighted by atomic mass is 16.3. The molecule has 6 nitrogen and oxygen atoms in total. The highest BCUT2D eigenvalue weighted by Crippen LogP contribution is 2.17. The summed E-state index contributed by atoms with van der Waals surface area (Å²) in [5, 5.41) is 5.59. The molecular weight excluding hydrogens is 294 g/mol. The lowest BCUT2D eigenvalue weighted by atomic mass is 10.1. The summed E-state index contributed by atoms with van der Waals surface area (Å²) in [7, 11) is 0. The van der Waals surface area contributed by atoms with Crippen molar-refractivity contribution in [2.75, 3.05) is 5.32 Å². The second-order valence-electron chi connectivity index (χ2n) is 5.62. The second-order valence-corrected chi connectivity index (χ2v) is 5.62. The third kappa shape index (κ3) is 4.20. The summed E-state index contributed by atoms with van der Waals surface area (Å²) in [5.41, 5.74) is 7.77. The van der Waals surface area contributed by atoms with Crippen LogP contribution in [-0.4, -0.2) is 17.9 Å². The lowest BCUT2D eigenvalue weighted by Crippen LogP contribution is -2.30. The summed E-state index contributed by atoms with van der Waals surface area (Å²) < 4.78 is 5.15. The molecule has 1 aromatic heterocycles. The summed E-state index contributed by atoms with van der Waals surface area (Å²) in [4.78, 5) is 24.3. The first kappa shape index (κ1) is 16.8. The molecule has 4 N–H and O–H groups in total. The van der Waals surface area contributed by atoms with Crippen molar-refractivity contribution in [2.24, 2.45) is 5.73 Å². The Morgan fingerprint density at radius 2 is 1.96 bits per heavy atom. The highest BCUT2D eigenvalue weighted by molar-refractivity contribution is 6.05. The number of rotatable bonds is 5. The predicted octanol–water partition coefficient (Wildman–Crippen LogP) is 2.44. The summed E-state index contributed by atoms with van der Waals surface area (Å²) in [6.07, 6.45) is 1.36. The number of aryl methyl sites for hydroxylation is 1. The molecule has 0 aliphatic heterocycles. The number of carbonyl (C=O) groups excluding carboxylic acids is 2. The van der Waals surface area contributed by atoms with Crippen molar-refractivity contribution in [3.63, 3.8) is 0 Å². The van der Waals surface area contributed by atoms with E-state index in [4.69, 9.17) is 10.2 Å². The maximum atomic E-state index is 12.2. The molecule has 23 heavy (non-hydrogen) atoms. The zero-order valence-corrected chi connectivity index (χ0v) is 13.5. The van der Waals surface area contributed by atoms with Gasteiger partial charge in [0.2, 0.25) is 0 Å². The zero-order valence-electron chi connectivity index (χ0n) is 13.5. The normalized spacial score (nSPS) is 10.7. The Balaban J connectivity index is 2.17. The van der Waals surface area contributed by atoms with Gasteiger partial charge in [-0.15, -0.1) is 0 Å². The van der Waals surface area contributed by atoms with E-state index in [0.29, 0.717) is 22.6 Å². The Morgan fingerprint density at radius 1 is 1.22 bits per heavy atom. The van der Waals surface area contributed by atoms with Crippen LogP contribution >= 0.6 is 0 Å². The fourth-order valence-corrected chi connectivity index (χ4v) is 2.09. The molecule has 0 saturated carbocycles. The van der Waals surface area contributed by atoms with Crippen LogP contribution < -0.4 is 16.4 Å². The van der Waals surface area contributed by atoms with Crippen LogP contribution in [0.5, 0.6) is 0 Å². The van der Waals surface area contributed by atoms with Crippen LogP contribution in [0.25, 0.3) is 0 Å². The zero-order chi connectivity index (χ0) is 17.0. The first-order valence-corrected chi connectivity index (χ1v) is 7.41. The fourth-order valence-electron chi connectivity index (χ4n) is 2.09. The number of nitrogens with one attached hydrogen (secondary N) is 2. The molecule has 1 heterocycles. The van der Waals surface area contributed by atoms with Gasteiger partial charge in [-0.1, -0.05) is 6.07 Å². The molecule has 2 aromatic rings. The van der Waals surface area contributed by atoms with E-state index in [2.05, 4.69) is 10.6 Å². The largest absolute Gasteiger partial charge is 0.467 e. The van der Waals surface area contributed by atoms with Crippen molar-refractivity contribution >= 4 is 17.5 Å². The molecule has 122 valence electrons. The average molecular weight is 315 g/mol. The third-order valence-electron chi connectivity index (χ3n) is 3.28. The fraction of sp³-hybridized carbons (Fsp3) is 0.294. The standard InChI is InChI=1S/C17H21N3O3/c1-10(2)19-17(22)15-7-13(5-4-11(15)3)20-16(21)12-6-14(8-18)23-9-12/h4-7,9-10H,8,18H2,1-3H3,(H,19,22)(H,20,21). The van der Waals surface area contributed by atoms with E-state index in [1.54, 1.807) is 24.3 Å². The number of anilines is 1. The number of nitrogens with two attached hydrogens (primary N) is 1. The van der Waals surface area contributed by atoms with Gasteiger partial charge in [-0.3, -0.25) is 9.59 Å². The number of hydrogen-bond acceptors (Lipinski definition) is 4. The topological polar surface area (TPSA) is 97.4 Å². The highest BCUT2D eigenvalue weighted by Gasteiger charge is 2.14. The van der Waals surface area contributed by atoms with Crippen molar-refractivity contribution in [2.45, 2.75) is 33.4 Å². The van der Waals surface area contributed by atoms with Crippen LogP contribution in [0.2, 0.25) is 0 Å². The van der Waals surface area contributed by atoms with E-state index in [-0.39, 0.29) is 24.4 Å². The van der Waals surface area contributed by atoms with Crippen molar-refractivity contribution < 1.29 is 14.0 Å². The van der Waals surface area contributed by atoms with E-state index in [1.807, 2.05) is 20.8 Å². The predicted molar refractivity (Wildman–Crippen MR) is 88.3 cm³/mol. The molecule has 1 aromatic carbocycles. The maximum Gasteiger partial charge on any atom is 0.258 e. The maximum absolute atomic E-state index is 12.2. The number of benzene rings is 1. The van der Waals surface area contributed by atoms with E-state index >= 15 is 0 Å². The summed E-state index contributed by atoms with van der Waals surface area (Å²) in [6, 6.07) is 6.85. The molecule has 0 unspecified atom stereocenters. The minimum atomic E-state index is -0.312. The Bertz CT molecular complexity index is 720. The van der Waals surface area contributed by atoms with Crippen molar-refractivity contribution in [1.82, 2.24) is 5.32 Å². The molecule has 0 fully saturated rings. The molecule has 0 spiro atoms. The van der Waals surface area contributed by atoms with E-state index in [9.17, 15) is 9.59 Å². The number of amides is 2. The number of furan rings is 1. The lowest BCUT2D eigenvalue weighted by molar-refractivity contribution is 0.0941. The second kappa shape index (κ2) is 7.11. The van der Waals surface area contributed by atoms with Crippen molar-refractivity contribution in [1.29, 1.82) is 0 Å². The molecule has 0 aliphatic rings. The van der Waals surface area contributed by atoms with Gasteiger partial charge < -0.3 is 20.8 Å². The molecule has 0 radical (unpaired) electrons. The quantitative estimate of drug-likeness (QED) is 0.789. The van der Waals surface area contributed by atoms with E-state index in [1.165, 1.54) is 6.26 Å². The third-order valence-corrected chi connectivity index (χ3v) is 3.28. The molecule has 0 saturated heterocycles. The van der Waals surface area contributed by atoms with Gasteiger partial charge in [-0.2, -0.15) is 0 Å². The molecule has 2 amide bonds. The average Bonchev–Trinajstić information content (AvgIpc) is 2.97. The minimum Gasteiger partial charge on any atom is -0.467 e. The molecule has 0 aliphatic carbocycles. The Morgan fingerprint density at radius 3 is 2.57 bits per heavy atom. The lowest BCUT2D eigenvalue weighted by Gasteiger charge is -2.12. The van der Waals surface area contributed by atoms with Gasteiger partial charge >= 0.3 is 0 Å². The Kier molecular flexibility index (Phi) is 5.18. The molecule has 2 rings (SSSR count). The first-order valence-electron chi connectivity index (χ1n) is 7.41. The van der Waals surface area contributed by atoms with Crippen LogP contribution in [0.15, 0.2) is 34.9 Å². The minimum absolute atomic E-state index is 0.0424. The monoisotopic (exact) mass is 315 g/mol. The van der Waals surface area contributed by atoms with Crippen molar-refractivity contribution in [3.8, 4) is 0 Å². The first-order chi connectivity index (χ1) is 10.9. The van der Waals surface area contributed by atoms with Gasteiger partial charge in [0.1, 0.15) is 12.0 Å². The van der Waals surface area contributed by atoms with E-state index < -0.39 is 0 Å². The van der Waals surface area contributed by atoms with Gasteiger partial charge in [0.15, 0.2) is 0 Å². The van der Waals surface area contributed by atoms with Crippen LogP contribution in [0, 0.1) is 6.92 Å². The van der Waals surface area contributed by atoms with Crippen LogP contribution in [0.4, 0.5) is 5.69 Å². The number of carbonyl (C=O) groups is 2. The van der Waals surface area contributed by atoms with Gasteiger partial charge in [-0.05, 0) is 44.5 Å². The van der Waals surface area contributed by atoms with Crippen LogP contribution in [0.3, 0.4) is 0 Å². The van der Waals surface area contributed by atoms with Crippen LogP contribution in [-0.2, 0) is 6.54 Å². The summed E-state index contributed by atoms with van der Waals surface area (Å²) >= 11 is 0. The van der Waals surface area contributed by atoms with Gasteiger partial charge in [0.05, 0.1) is 12.1 Å². The SMILES string of the molecule is Cc1ccc(NC(=O)c2coc(CN)c2)cc1C(=O)NC(C)C.